The van der Waals surface area contributed by atoms with E-state index in [4.69, 9.17) is 9.31 Å². The minimum Gasteiger partial charge on any atom is -0.399 e. The topological polar surface area (TPSA) is 38.8 Å². The van der Waals surface area contributed by atoms with E-state index in [1.54, 1.807) is 6.07 Å². The van der Waals surface area contributed by atoms with Crippen LogP contribution in [0.2, 0.25) is 0 Å². The lowest BCUT2D eigenvalue weighted by molar-refractivity contribution is -0.130. The van der Waals surface area contributed by atoms with Gasteiger partial charge in [-0.05, 0) is 39.3 Å². The first-order valence-electron chi connectivity index (χ1n) is 8.70. The standard InChI is InChI=1S/C18H23BF3NO3/c1-16(2)17(3,4)26-19(25-16)13-6-5-12(9-14(13)20)10-15(24)23-8-7-18(21,22)11-23/h5-6,9H,7-8,10-11H2,1-4H3. The molecule has 0 aromatic heterocycles. The fraction of sp³-hybridized carbons (Fsp3) is 0.611. The van der Waals surface area contributed by atoms with Crippen molar-refractivity contribution in [2.24, 2.45) is 0 Å². The average Bonchev–Trinajstić information content (AvgIpc) is 2.95. The van der Waals surface area contributed by atoms with E-state index in [0.29, 0.717) is 5.56 Å². The molecule has 0 aliphatic carbocycles. The van der Waals surface area contributed by atoms with Crippen molar-refractivity contribution in [1.82, 2.24) is 4.90 Å². The van der Waals surface area contributed by atoms with Crippen molar-refractivity contribution in [1.29, 1.82) is 0 Å². The molecular formula is C18H23BF3NO3. The lowest BCUT2D eigenvalue weighted by atomic mass is 9.78. The van der Waals surface area contributed by atoms with Crippen LogP contribution < -0.4 is 5.46 Å². The summed E-state index contributed by atoms with van der Waals surface area (Å²) < 4.78 is 52.7. The lowest BCUT2D eigenvalue weighted by Gasteiger charge is -2.32. The highest BCUT2D eigenvalue weighted by molar-refractivity contribution is 6.62. The largest absolute Gasteiger partial charge is 0.497 e. The molecule has 0 spiro atoms. The van der Waals surface area contributed by atoms with Gasteiger partial charge in [0.25, 0.3) is 5.92 Å². The molecule has 0 N–H and O–H groups in total. The van der Waals surface area contributed by atoms with Gasteiger partial charge in [0.1, 0.15) is 5.82 Å². The number of alkyl halides is 2. The van der Waals surface area contributed by atoms with Gasteiger partial charge >= 0.3 is 7.12 Å². The summed E-state index contributed by atoms with van der Waals surface area (Å²) in [6.07, 6.45) is -0.440. The second-order valence-electron chi connectivity index (χ2n) is 8.04. The van der Waals surface area contributed by atoms with Gasteiger partial charge in [-0.25, -0.2) is 13.2 Å². The van der Waals surface area contributed by atoms with E-state index in [2.05, 4.69) is 0 Å². The number of nitrogens with zero attached hydrogens (tertiary/aromatic N) is 1. The maximum atomic E-state index is 14.6. The van der Waals surface area contributed by atoms with Gasteiger partial charge in [0.05, 0.1) is 24.2 Å². The van der Waals surface area contributed by atoms with Gasteiger partial charge < -0.3 is 14.2 Å². The first-order chi connectivity index (χ1) is 11.9. The maximum Gasteiger partial charge on any atom is 0.497 e. The Bertz CT molecular complexity index is 708. The van der Waals surface area contributed by atoms with Crippen molar-refractivity contribution in [3.05, 3.63) is 29.6 Å². The molecule has 0 unspecified atom stereocenters. The Morgan fingerprint density at radius 3 is 2.31 bits per heavy atom. The number of benzene rings is 1. The fourth-order valence-corrected chi connectivity index (χ4v) is 3.08. The first-order valence-corrected chi connectivity index (χ1v) is 8.70. The molecule has 2 aliphatic rings. The molecule has 2 aliphatic heterocycles. The van der Waals surface area contributed by atoms with Gasteiger partial charge in [-0.15, -0.1) is 0 Å². The molecule has 0 bridgehead atoms. The third-order valence-corrected chi connectivity index (χ3v) is 5.45. The fourth-order valence-electron chi connectivity index (χ4n) is 3.08. The van der Waals surface area contributed by atoms with E-state index in [1.807, 2.05) is 27.7 Å². The lowest BCUT2D eigenvalue weighted by Crippen LogP contribution is -2.41. The second-order valence-corrected chi connectivity index (χ2v) is 8.04. The van der Waals surface area contributed by atoms with Gasteiger partial charge in [-0.2, -0.15) is 0 Å². The zero-order chi connectivity index (χ0) is 19.3. The smallest absolute Gasteiger partial charge is 0.399 e. The number of hydrogen-bond acceptors (Lipinski definition) is 3. The van der Waals surface area contributed by atoms with E-state index in [-0.39, 0.29) is 24.8 Å². The molecule has 3 rings (SSSR count). The number of carbonyl (C=O) groups is 1. The molecule has 2 saturated heterocycles. The quantitative estimate of drug-likeness (QED) is 0.769. The molecule has 0 atom stereocenters. The molecule has 8 heteroatoms. The second kappa shape index (κ2) is 6.27. The molecule has 2 fully saturated rings. The van der Waals surface area contributed by atoms with E-state index in [0.717, 1.165) is 4.90 Å². The summed E-state index contributed by atoms with van der Waals surface area (Å²) >= 11 is 0. The highest BCUT2D eigenvalue weighted by Crippen LogP contribution is 2.36. The maximum absolute atomic E-state index is 14.6. The van der Waals surface area contributed by atoms with E-state index < -0.39 is 42.5 Å². The minimum absolute atomic E-state index is 0.0281. The number of halogens is 3. The zero-order valence-electron chi connectivity index (χ0n) is 15.4. The van der Waals surface area contributed by atoms with Crippen LogP contribution in [-0.2, 0) is 20.5 Å². The summed E-state index contributed by atoms with van der Waals surface area (Å²) in [7, 11) is -0.831. The van der Waals surface area contributed by atoms with Crippen molar-refractivity contribution in [3.8, 4) is 0 Å². The van der Waals surface area contributed by atoms with E-state index in [1.165, 1.54) is 12.1 Å². The monoisotopic (exact) mass is 369 g/mol. The summed E-state index contributed by atoms with van der Waals surface area (Å²) in [5, 5.41) is 0. The Labute approximate surface area is 151 Å². The van der Waals surface area contributed by atoms with E-state index >= 15 is 0 Å². The van der Waals surface area contributed by atoms with Crippen molar-refractivity contribution >= 4 is 18.5 Å². The number of rotatable bonds is 3. The molecule has 0 radical (unpaired) electrons. The molecule has 2 heterocycles. The number of likely N-dealkylation sites (tertiary alicyclic amines) is 1. The summed E-state index contributed by atoms with van der Waals surface area (Å²) in [5.74, 6) is -3.80. The molecule has 1 aromatic carbocycles. The van der Waals surface area contributed by atoms with Crippen molar-refractivity contribution < 1.29 is 27.3 Å². The Kier molecular flexibility index (Phi) is 4.64. The number of carbonyl (C=O) groups excluding carboxylic acids is 1. The zero-order valence-corrected chi connectivity index (χ0v) is 15.4. The van der Waals surface area contributed by atoms with Crippen LogP contribution in [0.25, 0.3) is 0 Å². The van der Waals surface area contributed by atoms with Gasteiger partial charge in [0, 0.05) is 18.4 Å². The summed E-state index contributed by atoms with van der Waals surface area (Å²) in [5.41, 5.74) is -0.477. The van der Waals surface area contributed by atoms with Crippen LogP contribution in [-0.4, -0.2) is 48.1 Å². The third-order valence-electron chi connectivity index (χ3n) is 5.45. The molecule has 142 valence electrons. The van der Waals surface area contributed by atoms with Gasteiger partial charge in [-0.1, -0.05) is 12.1 Å². The van der Waals surface area contributed by atoms with E-state index in [9.17, 15) is 18.0 Å². The highest BCUT2D eigenvalue weighted by atomic mass is 19.3. The molecule has 0 saturated carbocycles. The first kappa shape index (κ1) is 19.2. The molecular weight excluding hydrogens is 346 g/mol. The van der Waals surface area contributed by atoms with Crippen LogP contribution in [0.4, 0.5) is 13.2 Å². The molecule has 1 amide bonds. The highest BCUT2D eigenvalue weighted by Gasteiger charge is 2.52. The Morgan fingerprint density at radius 2 is 1.81 bits per heavy atom. The van der Waals surface area contributed by atoms with Crippen LogP contribution >= 0.6 is 0 Å². The van der Waals surface area contributed by atoms with Crippen molar-refractivity contribution in [3.63, 3.8) is 0 Å². The van der Waals surface area contributed by atoms with Crippen molar-refractivity contribution in [2.45, 2.75) is 57.7 Å². The molecule has 1 aromatic rings. The minimum atomic E-state index is -2.83. The van der Waals surface area contributed by atoms with Gasteiger partial charge in [-0.3, -0.25) is 4.79 Å². The predicted molar refractivity (Wildman–Crippen MR) is 92.0 cm³/mol. The van der Waals surface area contributed by atoms with Crippen LogP contribution in [0.3, 0.4) is 0 Å². The Morgan fingerprint density at radius 1 is 1.19 bits per heavy atom. The van der Waals surface area contributed by atoms with Crippen LogP contribution in [0, 0.1) is 5.82 Å². The van der Waals surface area contributed by atoms with Crippen LogP contribution in [0.1, 0.15) is 39.7 Å². The summed E-state index contributed by atoms with van der Waals surface area (Å²) in [4.78, 5) is 13.3. The predicted octanol–water partition coefficient (Wildman–Crippen LogP) is 2.54. The number of amides is 1. The summed E-state index contributed by atoms with van der Waals surface area (Å²) in [6.45, 7) is 6.97. The third kappa shape index (κ3) is 3.62. The number of hydrogen-bond donors (Lipinski definition) is 0. The Balaban J connectivity index is 1.70. The SMILES string of the molecule is CC1(C)OB(c2ccc(CC(=O)N3CCC(F)(F)C3)cc2F)OC1(C)C. The average molecular weight is 369 g/mol. The van der Waals surface area contributed by atoms with Gasteiger partial charge in [0.15, 0.2) is 0 Å². The molecule has 4 nitrogen and oxygen atoms in total. The van der Waals surface area contributed by atoms with Gasteiger partial charge in [0.2, 0.25) is 5.91 Å². The van der Waals surface area contributed by atoms with Crippen LogP contribution in [0.5, 0.6) is 0 Å². The normalized spacial score (nSPS) is 23.5. The van der Waals surface area contributed by atoms with Crippen LogP contribution in [0.15, 0.2) is 18.2 Å². The van der Waals surface area contributed by atoms with Crippen molar-refractivity contribution in [2.75, 3.05) is 13.1 Å². The summed E-state index contributed by atoms with van der Waals surface area (Å²) in [6, 6.07) is 4.38. The Hall–Kier alpha value is -1.54. The molecule has 26 heavy (non-hydrogen) atoms.